The number of hydrogen-bond acceptors (Lipinski definition) is 2. The quantitative estimate of drug-likeness (QED) is 0.818. The molecule has 1 atom stereocenters. The van der Waals surface area contributed by atoms with E-state index in [9.17, 15) is 0 Å². The maximum atomic E-state index is 5.86. The fourth-order valence-corrected chi connectivity index (χ4v) is 3.21. The monoisotopic (exact) mass is 287 g/mol. The Morgan fingerprint density at radius 1 is 1.33 bits per heavy atom. The molecule has 0 aliphatic carbocycles. The second-order valence-electron chi connectivity index (χ2n) is 4.69. The van der Waals surface area contributed by atoms with Crippen LogP contribution in [0.15, 0.2) is 27.6 Å². The molecule has 0 unspecified atom stereocenters. The van der Waals surface area contributed by atoms with E-state index in [0.29, 0.717) is 0 Å². The molecule has 0 heterocycles. The normalized spacial score (nSPS) is 14.0. The summed E-state index contributed by atoms with van der Waals surface area (Å²) < 4.78 is 1.35. The van der Waals surface area contributed by atoms with Gasteiger partial charge in [0.1, 0.15) is 0 Å². The van der Waals surface area contributed by atoms with Crippen molar-refractivity contribution in [1.82, 2.24) is 0 Å². The Balaban J connectivity index is 2.92. The van der Waals surface area contributed by atoms with E-state index in [1.807, 2.05) is 18.7 Å². The van der Waals surface area contributed by atoms with Gasteiger partial charge in [0.25, 0.3) is 0 Å². The van der Waals surface area contributed by atoms with Crippen LogP contribution < -0.4 is 5.73 Å². The number of benzene rings is 1. The Morgan fingerprint density at radius 3 is 2.33 bits per heavy atom. The zero-order valence-corrected chi connectivity index (χ0v) is 12.1. The van der Waals surface area contributed by atoms with Gasteiger partial charge in [0.05, 0.1) is 0 Å². The molecule has 0 fully saturated rings. The molecule has 0 aliphatic heterocycles. The van der Waals surface area contributed by atoms with Gasteiger partial charge in [-0.05, 0) is 24.6 Å². The average Bonchev–Trinajstić information content (AvgIpc) is 1.99. The van der Waals surface area contributed by atoms with Gasteiger partial charge in [-0.15, -0.1) is 11.8 Å². The molecule has 0 saturated heterocycles. The van der Waals surface area contributed by atoms with E-state index in [2.05, 4.69) is 54.9 Å². The molecule has 1 aromatic rings. The van der Waals surface area contributed by atoms with Crippen molar-refractivity contribution in [3.8, 4) is 0 Å². The van der Waals surface area contributed by atoms with Crippen molar-refractivity contribution in [3.05, 3.63) is 28.2 Å². The van der Waals surface area contributed by atoms with Crippen molar-refractivity contribution >= 4 is 27.7 Å². The molecule has 84 valence electrons. The smallest absolute Gasteiger partial charge is 0.0277 e. The summed E-state index contributed by atoms with van der Waals surface area (Å²) in [6.07, 6.45) is 0. The number of halogens is 1. The number of rotatable bonds is 2. The van der Waals surface area contributed by atoms with Crippen molar-refractivity contribution < 1.29 is 0 Å². The molecule has 0 bridgehead atoms. The highest BCUT2D eigenvalue weighted by Gasteiger charge is 2.13. The molecular formula is C12H18BrNS. The SMILES string of the molecule is C[C@H](N)c1ccc(SC(C)(C)C)cc1Br. The van der Waals surface area contributed by atoms with Crippen LogP contribution in [-0.2, 0) is 0 Å². The summed E-state index contributed by atoms with van der Waals surface area (Å²) in [5.41, 5.74) is 7.02. The molecule has 0 radical (unpaired) electrons. The van der Waals surface area contributed by atoms with Crippen LogP contribution in [0.3, 0.4) is 0 Å². The van der Waals surface area contributed by atoms with Gasteiger partial charge >= 0.3 is 0 Å². The Hall–Kier alpha value is 0.01000. The van der Waals surface area contributed by atoms with Crippen molar-refractivity contribution in [2.75, 3.05) is 0 Å². The van der Waals surface area contributed by atoms with Gasteiger partial charge < -0.3 is 5.73 Å². The lowest BCUT2D eigenvalue weighted by atomic mass is 10.1. The first kappa shape index (κ1) is 13.1. The molecular weight excluding hydrogens is 270 g/mol. The standard InChI is InChI=1S/C12H18BrNS/c1-8(14)10-6-5-9(7-11(10)13)15-12(2,3)4/h5-8H,14H2,1-4H3/t8-/m0/s1. The van der Waals surface area contributed by atoms with Gasteiger partial charge in [0.2, 0.25) is 0 Å². The van der Waals surface area contributed by atoms with E-state index in [4.69, 9.17) is 5.73 Å². The van der Waals surface area contributed by atoms with Gasteiger partial charge in [0, 0.05) is 20.2 Å². The summed E-state index contributed by atoms with van der Waals surface area (Å²) in [5, 5.41) is 0. The summed E-state index contributed by atoms with van der Waals surface area (Å²) in [6.45, 7) is 8.64. The molecule has 0 spiro atoms. The van der Waals surface area contributed by atoms with Crippen LogP contribution >= 0.6 is 27.7 Å². The third-order valence-corrected chi connectivity index (χ3v) is 3.68. The first-order chi connectivity index (χ1) is 6.79. The van der Waals surface area contributed by atoms with E-state index >= 15 is 0 Å². The van der Waals surface area contributed by atoms with E-state index in [0.717, 1.165) is 10.0 Å². The highest BCUT2D eigenvalue weighted by molar-refractivity contribution is 9.10. The zero-order valence-electron chi connectivity index (χ0n) is 9.67. The molecule has 1 nitrogen and oxygen atoms in total. The topological polar surface area (TPSA) is 26.0 Å². The van der Waals surface area contributed by atoms with Gasteiger partial charge in [-0.25, -0.2) is 0 Å². The third kappa shape index (κ3) is 4.17. The summed E-state index contributed by atoms with van der Waals surface area (Å²) in [5.74, 6) is 0. The van der Waals surface area contributed by atoms with Gasteiger partial charge in [-0.1, -0.05) is 42.8 Å². The molecule has 0 amide bonds. The first-order valence-electron chi connectivity index (χ1n) is 5.03. The molecule has 0 aromatic heterocycles. The predicted molar refractivity (Wildman–Crippen MR) is 72.4 cm³/mol. The number of hydrogen-bond donors (Lipinski definition) is 1. The second-order valence-corrected chi connectivity index (χ2v) is 7.44. The van der Waals surface area contributed by atoms with Crippen LogP contribution in [0.4, 0.5) is 0 Å². The largest absolute Gasteiger partial charge is 0.324 e. The Labute approximate surface area is 105 Å². The maximum absolute atomic E-state index is 5.86. The minimum absolute atomic E-state index is 0.0769. The van der Waals surface area contributed by atoms with Crippen LogP contribution in [0, 0.1) is 0 Å². The fourth-order valence-electron chi connectivity index (χ4n) is 1.29. The van der Waals surface area contributed by atoms with Crippen LogP contribution in [0.1, 0.15) is 39.3 Å². The van der Waals surface area contributed by atoms with Crippen LogP contribution in [0.5, 0.6) is 0 Å². The predicted octanol–water partition coefficient (Wildman–Crippen LogP) is 4.36. The summed E-state index contributed by atoms with van der Waals surface area (Å²) in [7, 11) is 0. The van der Waals surface area contributed by atoms with Crippen LogP contribution in [0.25, 0.3) is 0 Å². The number of nitrogens with two attached hydrogens (primary N) is 1. The van der Waals surface area contributed by atoms with Gasteiger partial charge in [-0.3, -0.25) is 0 Å². The lowest BCUT2D eigenvalue weighted by Gasteiger charge is -2.18. The molecule has 3 heteroatoms. The lowest BCUT2D eigenvalue weighted by molar-refractivity contribution is 0.800. The minimum atomic E-state index is 0.0769. The second kappa shape index (κ2) is 4.89. The van der Waals surface area contributed by atoms with Crippen molar-refractivity contribution in [2.45, 2.75) is 43.4 Å². The van der Waals surface area contributed by atoms with Crippen LogP contribution in [0.2, 0.25) is 0 Å². The minimum Gasteiger partial charge on any atom is -0.324 e. The zero-order chi connectivity index (χ0) is 11.6. The highest BCUT2D eigenvalue weighted by Crippen LogP contribution is 2.35. The van der Waals surface area contributed by atoms with E-state index in [1.54, 1.807) is 0 Å². The summed E-state index contributed by atoms with van der Waals surface area (Å²) in [6, 6.07) is 6.46. The molecule has 0 aliphatic rings. The van der Waals surface area contributed by atoms with Crippen molar-refractivity contribution in [2.24, 2.45) is 5.73 Å². The van der Waals surface area contributed by atoms with Crippen LogP contribution in [-0.4, -0.2) is 4.75 Å². The molecule has 2 N–H and O–H groups in total. The summed E-state index contributed by atoms with van der Waals surface area (Å²) >= 11 is 5.43. The van der Waals surface area contributed by atoms with Gasteiger partial charge in [-0.2, -0.15) is 0 Å². The highest BCUT2D eigenvalue weighted by atomic mass is 79.9. The molecule has 0 saturated carbocycles. The Kier molecular flexibility index (Phi) is 4.27. The first-order valence-corrected chi connectivity index (χ1v) is 6.64. The molecule has 15 heavy (non-hydrogen) atoms. The summed E-state index contributed by atoms with van der Waals surface area (Å²) in [4.78, 5) is 1.28. The van der Waals surface area contributed by atoms with Crippen molar-refractivity contribution in [1.29, 1.82) is 0 Å². The Morgan fingerprint density at radius 2 is 1.93 bits per heavy atom. The lowest BCUT2D eigenvalue weighted by Crippen LogP contribution is -2.08. The maximum Gasteiger partial charge on any atom is 0.0277 e. The molecule has 1 rings (SSSR count). The molecule has 1 aromatic carbocycles. The Bertz CT molecular complexity index is 342. The van der Waals surface area contributed by atoms with Gasteiger partial charge in [0.15, 0.2) is 0 Å². The van der Waals surface area contributed by atoms with Crippen molar-refractivity contribution in [3.63, 3.8) is 0 Å². The van der Waals surface area contributed by atoms with E-state index in [1.165, 1.54) is 4.90 Å². The van der Waals surface area contributed by atoms with E-state index < -0.39 is 0 Å². The van der Waals surface area contributed by atoms with E-state index in [-0.39, 0.29) is 10.8 Å². The average molecular weight is 288 g/mol. The fraction of sp³-hybridized carbons (Fsp3) is 0.500. The third-order valence-electron chi connectivity index (χ3n) is 1.89. The number of thioether (sulfide) groups is 1.